The van der Waals surface area contributed by atoms with Gasteiger partial charge in [0.15, 0.2) is 0 Å². The minimum absolute atomic E-state index is 0.148. The van der Waals surface area contributed by atoms with E-state index >= 15 is 0 Å². The molecule has 2 heterocycles. The number of nitrogens with zero attached hydrogens (tertiary/aromatic N) is 3. The maximum absolute atomic E-state index is 10.1. The Labute approximate surface area is 109 Å². The summed E-state index contributed by atoms with van der Waals surface area (Å²) in [7, 11) is 0. The largest absolute Gasteiger partial charge is 0.396 e. The van der Waals surface area contributed by atoms with E-state index in [0.29, 0.717) is 17.9 Å². The van der Waals surface area contributed by atoms with Crippen molar-refractivity contribution in [2.24, 2.45) is 5.92 Å². The molecule has 0 radical (unpaired) electrons. The fraction of sp³-hybridized carbons (Fsp3) is 0.500. The molecule has 0 aromatic carbocycles. The quantitative estimate of drug-likeness (QED) is 0.569. The summed E-state index contributed by atoms with van der Waals surface area (Å²) in [6.07, 6.45) is 1.79. The second-order valence-electron chi connectivity index (χ2n) is 4.95. The molecule has 3 rings (SSSR count). The van der Waals surface area contributed by atoms with Gasteiger partial charge in [-0.2, -0.15) is 0 Å². The molecule has 0 saturated heterocycles. The molecular weight excluding hydrogens is 248 g/mol. The van der Waals surface area contributed by atoms with Crippen molar-refractivity contribution >= 4 is 16.9 Å². The molecule has 0 spiro atoms. The Balaban J connectivity index is 2.04. The van der Waals surface area contributed by atoms with Gasteiger partial charge in [0, 0.05) is 18.7 Å². The van der Waals surface area contributed by atoms with E-state index in [2.05, 4.69) is 9.97 Å². The molecule has 0 aliphatic heterocycles. The first-order chi connectivity index (χ1) is 9.13. The first-order valence-electron chi connectivity index (χ1n) is 6.17. The van der Waals surface area contributed by atoms with Crippen LogP contribution in [0.4, 0.5) is 5.82 Å². The summed E-state index contributed by atoms with van der Waals surface area (Å²) >= 11 is 0. The van der Waals surface area contributed by atoms with Crippen LogP contribution in [0.2, 0.25) is 0 Å². The number of hydrogen-bond acceptors (Lipinski definition) is 6. The molecule has 102 valence electrons. The van der Waals surface area contributed by atoms with Crippen LogP contribution in [-0.2, 0) is 0 Å². The Morgan fingerprint density at radius 3 is 2.79 bits per heavy atom. The summed E-state index contributed by atoms with van der Waals surface area (Å²) in [6, 6.07) is 1.47. The molecule has 1 aliphatic carbocycles. The van der Waals surface area contributed by atoms with Crippen LogP contribution in [-0.4, -0.2) is 48.7 Å². The van der Waals surface area contributed by atoms with E-state index in [1.54, 1.807) is 16.8 Å². The van der Waals surface area contributed by atoms with Crippen molar-refractivity contribution in [2.45, 2.75) is 24.7 Å². The van der Waals surface area contributed by atoms with Crippen LogP contribution in [0.3, 0.4) is 0 Å². The summed E-state index contributed by atoms with van der Waals surface area (Å²) in [5.74, 6) is 0.0622. The summed E-state index contributed by atoms with van der Waals surface area (Å²) in [4.78, 5) is 8.09. The predicted molar refractivity (Wildman–Crippen MR) is 68.2 cm³/mol. The van der Waals surface area contributed by atoms with Crippen LogP contribution >= 0.6 is 0 Å². The van der Waals surface area contributed by atoms with Crippen molar-refractivity contribution in [3.63, 3.8) is 0 Å². The number of fused-ring (bicyclic) bond motifs is 1. The Bertz CT molecular complexity index is 600. The summed E-state index contributed by atoms with van der Waals surface area (Å²) in [5, 5.41) is 29.9. The Morgan fingerprint density at radius 2 is 2.11 bits per heavy atom. The van der Waals surface area contributed by atoms with Crippen LogP contribution in [0.1, 0.15) is 12.5 Å². The molecule has 5 N–H and O–H groups in total. The summed E-state index contributed by atoms with van der Waals surface area (Å²) in [6.45, 7) is -0.148. The maximum Gasteiger partial charge on any atom is 0.145 e. The predicted octanol–water partition coefficient (Wildman–Crippen LogP) is -0.711. The van der Waals surface area contributed by atoms with E-state index in [4.69, 9.17) is 5.73 Å². The maximum atomic E-state index is 10.1. The van der Waals surface area contributed by atoms with Crippen LogP contribution in [0, 0.1) is 5.92 Å². The molecule has 0 amide bonds. The highest BCUT2D eigenvalue weighted by atomic mass is 16.3. The highest BCUT2D eigenvalue weighted by molar-refractivity contribution is 5.86. The number of aliphatic hydroxyl groups is 3. The summed E-state index contributed by atoms with van der Waals surface area (Å²) in [5.41, 5.74) is 6.39. The molecule has 4 unspecified atom stereocenters. The second-order valence-corrected chi connectivity index (χ2v) is 4.95. The van der Waals surface area contributed by atoms with Gasteiger partial charge in [0.2, 0.25) is 0 Å². The van der Waals surface area contributed by atoms with Crippen LogP contribution in [0.15, 0.2) is 18.6 Å². The molecule has 7 heteroatoms. The number of nitrogens with two attached hydrogens (primary N) is 1. The summed E-state index contributed by atoms with van der Waals surface area (Å²) < 4.78 is 1.79. The van der Waals surface area contributed by atoms with Gasteiger partial charge in [-0.25, -0.2) is 9.97 Å². The lowest BCUT2D eigenvalue weighted by Crippen LogP contribution is -2.30. The SMILES string of the molecule is Nc1ncnc2c1ccn2C1CC(CO)C(O)C1O. The van der Waals surface area contributed by atoms with E-state index in [0.717, 1.165) is 5.39 Å². The van der Waals surface area contributed by atoms with Crippen molar-refractivity contribution < 1.29 is 15.3 Å². The zero-order chi connectivity index (χ0) is 13.6. The molecule has 1 fully saturated rings. The molecule has 19 heavy (non-hydrogen) atoms. The average molecular weight is 264 g/mol. The minimum atomic E-state index is -0.927. The highest BCUT2D eigenvalue weighted by Crippen LogP contribution is 2.37. The standard InChI is InChI=1S/C12H16N4O3/c13-11-7-1-2-16(12(7)15-5-14-11)8-3-6(4-17)9(18)10(8)19/h1-2,5-6,8-10,17-19H,3-4H2,(H2,13,14,15). The number of aliphatic hydroxyl groups excluding tert-OH is 3. The van der Waals surface area contributed by atoms with Gasteiger partial charge in [-0.15, -0.1) is 0 Å². The number of rotatable bonds is 2. The fourth-order valence-corrected chi connectivity index (χ4v) is 2.81. The lowest BCUT2D eigenvalue weighted by molar-refractivity contribution is -0.00365. The van der Waals surface area contributed by atoms with Crippen molar-refractivity contribution in [1.29, 1.82) is 0 Å². The van der Waals surface area contributed by atoms with Crippen molar-refractivity contribution in [3.05, 3.63) is 18.6 Å². The lowest BCUT2D eigenvalue weighted by Gasteiger charge is -2.18. The Kier molecular flexibility index (Phi) is 2.89. The molecule has 1 saturated carbocycles. The third kappa shape index (κ3) is 1.78. The third-order valence-electron chi connectivity index (χ3n) is 3.90. The Hall–Kier alpha value is -1.70. The van der Waals surface area contributed by atoms with Crippen LogP contribution < -0.4 is 5.73 Å². The van der Waals surface area contributed by atoms with E-state index in [-0.39, 0.29) is 18.6 Å². The number of nitrogen functional groups attached to an aromatic ring is 1. The van der Waals surface area contributed by atoms with E-state index in [9.17, 15) is 15.3 Å². The normalized spacial score (nSPS) is 31.1. The molecular formula is C12H16N4O3. The van der Waals surface area contributed by atoms with Gasteiger partial charge in [0.1, 0.15) is 23.9 Å². The number of aromatic nitrogens is 3. The van der Waals surface area contributed by atoms with Crippen molar-refractivity contribution in [1.82, 2.24) is 14.5 Å². The zero-order valence-electron chi connectivity index (χ0n) is 10.2. The smallest absolute Gasteiger partial charge is 0.145 e. The molecule has 2 aromatic heterocycles. The number of hydrogen-bond donors (Lipinski definition) is 4. The van der Waals surface area contributed by atoms with Gasteiger partial charge in [0.05, 0.1) is 17.5 Å². The van der Waals surface area contributed by atoms with Gasteiger partial charge in [-0.1, -0.05) is 0 Å². The zero-order valence-corrected chi connectivity index (χ0v) is 10.2. The molecule has 2 aromatic rings. The van der Waals surface area contributed by atoms with Crippen LogP contribution in [0.5, 0.6) is 0 Å². The van der Waals surface area contributed by atoms with Gasteiger partial charge in [-0.05, 0) is 12.5 Å². The average Bonchev–Trinajstić information content (AvgIpc) is 2.94. The van der Waals surface area contributed by atoms with Gasteiger partial charge in [0.25, 0.3) is 0 Å². The first kappa shape index (κ1) is 12.3. The van der Waals surface area contributed by atoms with Gasteiger partial charge < -0.3 is 25.6 Å². The Morgan fingerprint density at radius 1 is 1.32 bits per heavy atom. The molecule has 1 aliphatic rings. The first-order valence-corrected chi connectivity index (χ1v) is 6.17. The number of anilines is 1. The minimum Gasteiger partial charge on any atom is -0.396 e. The third-order valence-corrected chi connectivity index (χ3v) is 3.90. The van der Waals surface area contributed by atoms with Gasteiger partial charge >= 0.3 is 0 Å². The topological polar surface area (TPSA) is 117 Å². The lowest BCUT2D eigenvalue weighted by atomic mass is 10.1. The second kappa shape index (κ2) is 4.44. The molecule has 7 nitrogen and oxygen atoms in total. The van der Waals surface area contributed by atoms with Crippen LogP contribution in [0.25, 0.3) is 11.0 Å². The monoisotopic (exact) mass is 264 g/mol. The fourth-order valence-electron chi connectivity index (χ4n) is 2.81. The van der Waals surface area contributed by atoms with Crippen molar-refractivity contribution in [2.75, 3.05) is 12.3 Å². The van der Waals surface area contributed by atoms with Crippen molar-refractivity contribution in [3.8, 4) is 0 Å². The molecule has 4 atom stereocenters. The highest BCUT2D eigenvalue weighted by Gasteiger charge is 2.42. The van der Waals surface area contributed by atoms with E-state index < -0.39 is 12.2 Å². The van der Waals surface area contributed by atoms with E-state index in [1.807, 2.05) is 0 Å². The van der Waals surface area contributed by atoms with E-state index in [1.165, 1.54) is 6.33 Å². The molecule has 0 bridgehead atoms. The van der Waals surface area contributed by atoms with Gasteiger partial charge in [-0.3, -0.25) is 0 Å².